The van der Waals surface area contributed by atoms with Gasteiger partial charge in [0.1, 0.15) is 16.6 Å². The number of carbonyl (C=O) groups is 1. The van der Waals surface area contributed by atoms with Crippen LogP contribution in [-0.2, 0) is 16.8 Å². The second kappa shape index (κ2) is 7.53. The summed E-state index contributed by atoms with van der Waals surface area (Å²) in [5.74, 6) is 0.510. The van der Waals surface area contributed by atoms with Gasteiger partial charge in [-0.15, -0.1) is 23.1 Å². The summed E-state index contributed by atoms with van der Waals surface area (Å²) in [5, 5.41) is 16.5. The van der Waals surface area contributed by atoms with Crippen molar-refractivity contribution in [3.05, 3.63) is 16.0 Å². The van der Waals surface area contributed by atoms with Gasteiger partial charge in [-0.3, -0.25) is 4.79 Å². The van der Waals surface area contributed by atoms with Crippen LogP contribution in [-0.4, -0.2) is 22.4 Å². The van der Waals surface area contributed by atoms with E-state index in [4.69, 9.17) is 0 Å². The molecule has 2 aliphatic rings. The lowest BCUT2D eigenvalue weighted by Crippen LogP contribution is -3.03. The number of nitriles is 1. The zero-order valence-corrected chi connectivity index (χ0v) is 17.9. The monoisotopic (exact) mass is 392 g/mol. The normalized spacial score (nSPS) is 21.7. The number of fused-ring (bicyclic) bond motifs is 1. The maximum atomic E-state index is 12.5. The Morgan fingerprint density at radius 3 is 2.65 bits per heavy atom. The summed E-state index contributed by atoms with van der Waals surface area (Å²) in [5.41, 5.74) is 1.79. The van der Waals surface area contributed by atoms with Gasteiger partial charge in [0.25, 0.3) is 0 Å². The molecule has 1 aliphatic carbocycles. The first-order chi connectivity index (χ1) is 12.2. The van der Waals surface area contributed by atoms with E-state index in [-0.39, 0.29) is 17.0 Å². The summed E-state index contributed by atoms with van der Waals surface area (Å²) in [6.07, 6.45) is 7.23. The Kier molecular flexibility index (Phi) is 5.72. The van der Waals surface area contributed by atoms with Crippen LogP contribution in [0.25, 0.3) is 0 Å². The van der Waals surface area contributed by atoms with Crippen molar-refractivity contribution in [2.24, 2.45) is 0 Å². The van der Waals surface area contributed by atoms with Crippen molar-refractivity contribution in [2.45, 2.75) is 82.5 Å². The van der Waals surface area contributed by atoms with Crippen LogP contribution in [0.4, 0.5) is 5.00 Å². The Hall–Kier alpha value is -1.03. The van der Waals surface area contributed by atoms with Gasteiger partial charge < -0.3 is 10.6 Å². The van der Waals surface area contributed by atoms with E-state index in [9.17, 15) is 10.1 Å². The summed E-state index contributed by atoms with van der Waals surface area (Å²) in [7, 11) is 0. The van der Waals surface area contributed by atoms with E-state index in [2.05, 4.69) is 44.4 Å². The van der Waals surface area contributed by atoms with Crippen molar-refractivity contribution >= 4 is 34.0 Å². The smallest absolute Gasteiger partial charge is 0.235 e. The molecule has 26 heavy (non-hydrogen) atoms. The highest BCUT2D eigenvalue weighted by molar-refractivity contribution is 8.00. The fourth-order valence-corrected chi connectivity index (χ4v) is 6.88. The molecule has 1 aliphatic heterocycles. The first-order valence-electron chi connectivity index (χ1n) is 9.56. The molecule has 6 heteroatoms. The number of hydrogen-bond acceptors (Lipinski definition) is 4. The number of anilines is 1. The van der Waals surface area contributed by atoms with Gasteiger partial charge in [0.15, 0.2) is 0 Å². The number of nitrogens with two attached hydrogens (primary N) is 1. The lowest BCUT2D eigenvalue weighted by Gasteiger charge is -2.38. The van der Waals surface area contributed by atoms with Crippen molar-refractivity contribution in [3.8, 4) is 6.07 Å². The summed E-state index contributed by atoms with van der Waals surface area (Å²) >= 11 is 3.37. The predicted molar refractivity (Wildman–Crippen MR) is 110 cm³/mol. The van der Waals surface area contributed by atoms with Gasteiger partial charge in [-0.05, 0) is 46.1 Å². The van der Waals surface area contributed by atoms with Crippen LogP contribution >= 0.6 is 23.1 Å². The Labute approximate surface area is 165 Å². The Morgan fingerprint density at radius 1 is 1.31 bits per heavy atom. The summed E-state index contributed by atoms with van der Waals surface area (Å²) in [6, 6.07) is 2.37. The number of amides is 1. The third-order valence-electron chi connectivity index (χ3n) is 5.34. The first-order valence-corrected chi connectivity index (χ1v) is 11.4. The molecule has 1 fully saturated rings. The fourth-order valence-electron chi connectivity index (χ4n) is 4.50. The molecule has 0 bridgehead atoms. The quantitative estimate of drug-likeness (QED) is 0.820. The van der Waals surface area contributed by atoms with Gasteiger partial charge in [-0.1, -0.05) is 19.3 Å². The average molecular weight is 393 g/mol. The highest BCUT2D eigenvalue weighted by atomic mass is 32.2. The molecule has 0 radical (unpaired) electrons. The minimum absolute atomic E-state index is 0.0247. The molecule has 1 aromatic heterocycles. The van der Waals surface area contributed by atoms with Gasteiger partial charge in [0.2, 0.25) is 5.91 Å². The van der Waals surface area contributed by atoms with Gasteiger partial charge >= 0.3 is 0 Å². The molecule has 1 saturated carbocycles. The van der Waals surface area contributed by atoms with Crippen LogP contribution in [0.2, 0.25) is 0 Å². The molecule has 0 atom stereocenters. The SMILES string of the molecule is CC1(C)Cc2c(sc(NC(=O)CSC3CCCCC3)c2C#N)C(C)(C)[NH2+]1. The van der Waals surface area contributed by atoms with E-state index in [1.54, 1.807) is 23.1 Å². The van der Waals surface area contributed by atoms with Crippen molar-refractivity contribution in [1.82, 2.24) is 0 Å². The number of thioether (sulfide) groups is 1. The number of quaternary nitrogens is 1. The van der Waals surface area contributed by atoms with E-state index in [1.165, 1.54) is 37.0 Å². The predicted octanol–water partition coefficient (Wildman–Crippen LogP) is 3.76. The molecule has 1 aromatic rings. The molecule has 3 N–H and O–H groups in total. The third kappa shape index (κ3) is 4.27. The van der Waals surface area contributed by atoms with Crippen LogP contribution in [0.5, 0.6) is 0 Å². The second-order valence-corrected chi connectivity index (χ2v) is 11.2. The minimum Gasteiger partial charge on any atom is -0.333 e. The van der Waals surface area contributed by atoms with E-state index in [0.717, 1.165) is 17.0 Å². The minimum atomic E-state index is -0.0762. The van der Waals surface area contributed by atoms with Gasteiger partial charge in [-0.2, -0.15) is 5.26 Å². The van der Waals surface area contributed by atoms with Crippen molar-refractivity contribution in [3.63, 3.8) is 0 Å². The van der Waals surface area contributed by atoms with E-state index < -0.39 is 0 Å². The third-order valence-corrected chi connectivity index (χ3v) is 8.20. The number of rotatable bonds is 4. The number of nitrogens with one attached hydrogen (secondary N) is 1. The lowest BCUT2D eigenvalue weighted by atomic mass is 9.81. The van der Waals surface area contributed by atoms with Gasteiger partial charge in [0.05, 0.1) is 21.7 Å². The van der Waals surface area contributed by atoms with Crippen LogP contribution in [0.3, 0.4) is 0 Å². The number of nitrogens with zero attached hydrogens (tertiary/aromatic N) is 1. The van der Waals surface area contributed by atoms with Crippen LogP contribution in [0.15, 0.2) is 0 Å². The van der Waals surface area contributed by atoms with Crippen molar-refractivity contribution in [2.75, 3.05) is 11.1 Å². The Balaban J connectivity index is 1.73. The van der Waals surface area contributed by atoms with E-state index in [0.29, 0.717) is 16.6 Å². The maximum Gasteiger partial charge on any atom is 0.235 e. The maximum absolute atomic E-state index is 12.5. The Bertz CT molecular complexity index is 724. The van der Waals surface area contributed by atoms with E-state index in [1.807, 2.05) is 0 Å². The molecule has 2 heterocycles. The van der Waals surface area contributed by atoms with Crippen molar-refractivity contribution < 1.29 is 10.1 Å². The average Bonchev–Trinajstić information content (AvgIpc) is 2.90. The molecule has 142 valence electrons. The molecule has 0 unspecified atom stereocenters. The fraction of sp³-hybridized carbons (Fsp3) is 0.700. The molecule has 1 amide bonds. The topological polar surface area (TPSA) is 69.5 Å². The molecule has 0 spiro atoms. The second-order valence-electron chi connectivity index (χ2n) is 8.88. The highest BCUT2D eigenvalue weighted by Crippen LogP contribution is 2.41. The molecule has 3 rings (SSSR count). The zero-order valence-electron chi connectivity index (χ0n) is 16.3. The standard InChI is InChI=1S/C20H29N3OS2/c1-19(2)10-14-15(11-21)18(26-17(14)20(3,4)23-19)22-16(24)12-25-13-8-6-5-7-9-13/h13,23H,5-10,12H2,1-4H3,(H,22,24)/p+1. The Morgan fingerprint density at radius 2 is 2.00 bits per heavy atom. The number of carbonyl (C=O) groups excluding carboxylic acids is 1. The van der Waals surface area contributed by atoms with Crippen LogP contribution in [0, 0.1) is 11.3 Å². The highest BCUT2D eigenvalue weighted by Gasteiger charge is 2.44. The largest absolute Gasteiger partial charge is 0.333 e. The zero-order chi connectivity index (χ0) is 18.9. The summed E-state index contributed by atoms with van der Waals surface area (Å²) < 4.78 is 0. The van der Waals surface area contributed by atoms with Crippen LogP contribution in [0.1, 0.15) is 75.8 Å². The summed E-state index contributed by atoms with van der Waals surface area (Å²) in [6.45, 7) is 8.84. The molecule has 4 nitrogen and oxygen atoms in total. The summed E-state index contributed by atoms with van der Waals surface area (Å²) in [4.78, 5) is 13.7. The molecular formula is C20H30N3OS2+. The molecular weight excluding hydrogens is 362 g/mol. The molecule has 0 saturated heterocycles. The van der Waals surface area contributed by atoms with Gasteiger partial charge in [-0.25, -0.2) is 0 Å². The van der Waals surface area contributed by atoms with Crippen molar-refractivity contribution in [1.29, 1.82) is 5.26 Å². The molecule has 0 aromatic carbocycles. The number of thiophene rings is 1. The number of hydrogen-bond donors (Lipinski definition) is 2. The lowest BCUT2D eigenvalue weighted by molar-refractivity contribution is -0.789. The van der Waals surface area contributed by atoms with E-state index >= 15 is 0 Å². The van der Waals surface area contributed by atoms with Gasteiger partial charge in [0, 0.05) is 11.7 Å². The first kappa shape index (κ1) is 19.7. The van der Waals surface area contributed by atoms with Crippen LogP contribution < -0.4 is 10.6 Å².